The fourth-order valence-corrected chi connectivity index (χ4v) is 2.44. The summed E-state index contributed by atoms with van der Waals surface area (Å²) < 4.78 is 5.43. The number of hydrogen-bond acceptors (Lipinski definition) is 3. The Bertz CT molecular complexity index is 113. The molecule has 0 aromatic carbocycles. The van der Waals surface area contributed by atoms with Crippen LogP contribution in [0.25, 0.3) is 0 Å². The van der Waals surface area contributed by atoms with Crippen molar-refractivity contribution in [3.63, 3.8) is 0 Å². The Morgan fingerprint density at radius 3 is 3.00 bits per heavy atom. The molecule has 3 heteroatoms. The van der Waals surface area contributed by atoms with Crippen LogP contribution in [-0.4, -0.2) is 36.8 Å². The molecule has 1 unspecified atom stereocenters. The van der Waals surface area contributed by atoms with Crippen LogP contribution in [0.4, 0.5) is 0 Å². The lowest BCUT2D eigenvalue weighted by molar-refractivity contribution is 0.0797. The second-order valence-electron chi connectivity index (χ2n) is 3.43. The highest BCUT2D eigenvalue weighted by molar-refractivity contribution is 7.99. The Balaban J connectivity index is 1.88. The molecule has 72 valence electrons. The SMILES string of the molecule is CC(C)OCCNC1CCSC1. The Kier molecular flexibility index (Phi) is 5.04. The average molecular weight is 189 g/mol. The van der Waals surface area contributed by atoms with Gasteiger partial charge < -0.3 is 10.1 Å². The molecule has 1 N–H and O–H groups in total. The first-order valence-corrected chi connectivity index (χ1v) is 5.87. The van der Waals surface area contributed by atoms with Crippen LogP contribution in [0, 0.1) is 0 Å². The van der Waals surface area contributed by atoms with Crippen molar-refractivity contribution in [1.82, 2.24) is 5.32 Å². The van der Waals surface area contributed by atoms with Crippen LogP contribution in [0.2, 0.25) is 0 Å². The maximum atomic E-state index is 5.43. The molecule has 1 atom stereocenters. The van der Waals surface area contributed by atoms with Gasteiger partial charge in [-0.1, -0.05) is 0 Å². The summed E-state index contributed by atoms with van der Waals surface area (Å²) in [6, 6.07) is 0.741. The highest BCUT2D eigenvalue weighted by Gasteiger charge is 2.13. The predicted molar refractivity (Wildman–Crippen MR) is 54.8 cm³/mol. The van der Waals surface area contributed by atoms with E-state index in [1.165, 1.54) is 17.9 Å². The molecule has 2 nitrogen and oxygen atoms in total. The molecule has 0 radical (unpaired) electrons. The van der Waals surface area contributed by atoms with Crippen LogP contribution in [0.5, 0.6) is 0 Å². The van der Waals surface area contributed by atoms with Crippen molar-refractivity contribution in [1.29, 1.82) is 0 Å². The maximum Gasteiger partial charge on any atom is 0.0594 e. The normalized spacial score (nSPS) is 23.8. The van der Waals surface area contributed by atoms with E-state index in [4.69, 9.17) is 4.74 Å². The van der Waals surface area contributed by atoms with Crippen LogP contribution < -0.4 is 5.32 Å². The van der Waals surface area contributed by atoms with E-state index < -0.39 is 0 Å². The third-order valence-corrected chi connectivity index (χ3v) is 3.08. The van der Waals surface area contributed by atoms with Gasteiger partial charge in [0.25, 0.3) is 0 Å². The quantitative estimate of drug-likeness (QED) is 0.662. The molecular formula is C9H19NOS. The Hall–Kier alpha value is 0.270. The van der Waals surface area contributed by atoms with E-state index in [2.05, 4.69) is 19.2 Å². The molecule has 0 spiro atoms. The molecule has 0 aliphatic carbocycles. The lowest BCUT2D eigenvalue weighted by atomic mass is 10.3. The first-order valence-electron chi connectivity index (χ1n) is 4.72. The molecule has 0 saturated carbocycles. The van der Waals surface area contributed by atoms with Crippen molar-refractivity contribution in [2.24, 2.45) is 0 Å². The van der Waals surface area contributed by atoms with E-state index in [1.807, 2.05) is 11.8 Å². The Morgan fingerprint density at radius 1 is 1.58 bits per heavy atom. The zero-order valence-electron chi connectivity index (χ0n) is 8.01. The predicted octanol–water partition coefficient (Wildman–Crippen LogP) is 1.51. The fraction of sp³-hybridized carbons (Fsp3) is 1.00. The molecule has 0 aromatic heterocycles. The van der Waals surface area contributed by atoms with Gasteiger partial charge in [-0.25, -0.2) is 0 Å². The molecule has 1 aliphatic heterocycles. The van der Waals surface area contributed by atoms with E-state index in [0.29, 0.717) is 6.10 Å². The van der Waals surface area contributed by atoms with E-state index in [1.54, 1.807) is 0 Å². The molecule has 1 rings (SSSR count). The van der Waals surface area contributed by atoms with Gasteiger partial charge in [0.05, 0.1) is 12.7 Å². The van der Waals surface area contributed by atoms with Gasteiger partial charge in [0, 0.05) is 18.3 Å². The minimum absolute atomic E-state index is 0.366. The number of hydrogen-bond donors (Lipinski definition) is 1. The summed E-state index contributed by atoms with van der Waals surface area (Å²) in [5.74, 6) is 2.60. The van der Waals surface area contributed by atoms with Gasteiger partial charge in [-0.05, 0) is 26.0 Å². The molecule has 1 heterocycles. The molecule has 1 saturated heterocycles. The molecule has 12 heavy (non-hydrogen) atoms. The van der Waals surface area contributed by atoms with Crippen molar-refractivity contribution >= 4 is 11.8 Å². The maximum absolute atomic E-state index is 5.43. The van der Waals surface area contributed by atoms with E-state index in [-0.39, 0.29) is 0 Å². The lowest BCUT2D eigenvalue weighted by Crippen LogP contribution is -2.32. The summed E-state index contributed by atoms with van der Waals surface area (Å²) in [6.45, 7) is 6.00. The average Bonchev–Trinajstić information content (AvgIpc) is 2.49. The summed E-state index contributed by atoms with van der Waals surface area (Å²) in [4.78, 5) is 0. The summed E-state index contributed by atoms with van der Waals surface area (Å²) in [5.41, 5.74) is 0. The van der Waals surface area contributed by atoms with Crippen molar-refractivity contribution in [2.45, 2.75) is 32.4 Å². The van der Waals surface area contributed by atoms with Crippen LogP contribution in [0.1, 0.15) is 20.3 Å². The van der Waals surface area contributed by atoms with E-state index in [0.717, 1.165) is 19.2 Å². The number of ether oxygens (including phenoxy) is 1. The largest absolute Gasteiger partial charge is 0.377 e. The van der Waals surface area contributed by atoms with Gasteiger partial charge in [0.15, 0.2) is 0 Å². The summed E-state index contributed by atoms with van der Waals surface area (Å²) in [5, 5.41) is 3.49. The zero-order chi connectivity index (χ0) is 8.81. The fourth-order valence-electron chi connectivity index (χ4n) is 1.25. The van der Waals surface area contributed by atoms with Gasteiger partial charge in [-0.2, -0.15) is 11.8 Å². The lowest BCUT2D eigenvalue weighted by Gasteiger charge is -2.12. The molecule has 0 aromatic rings. The summed E-state index contributed by atoms with van der Waals surface area (Å²) >= 11 is 2.04. The first kappa shape index (κ1) is 10.4. The second-order valence-corrected chi connectivity index (χ2v) is 4.58. The van der Waals surface area contributed by atoms with Crippen LogP contribution >= 0.6 is 11.8 Å². The standard InChI is InChI=1S/C9H19NOS/c1-8(2)11-5-4-10-9-3-6-12-7-9/h8-10H,3-7H2,1-2H3. The Morgan fingerprint density at radius 2 is 2.42 bits per heavy atom. The van der Waals surface area contributed by atoms with Crippen molar-refractivity contribution in [3.8, 4) is 0 Å². The highest BCUT2D eigenvalue weighted by Crippen LogP contribution is 2.16. The van der Waals surface area contributed by atoms with Gasteiger partial charge in [-0.3, -0.25) is 0 Å². The Labute approximate surface area is 79.4 Å². The van der Waals surface area contributed by atoms with Gasteiger partial charge in [0.2, 0.25) is 0 Å². The van der Waals surface area contributed by atoms with Crippen LogP contribution in [0.15, 0.2) is 0 Å². The van der Waals surface area contributed by atoms with Crippen LogP contribution in [-0.2, 0) is 4.74 Å². The van der Waals surface area contributed by atoms with Gasteiger partial charge in [0.1, 0.15) is 0 Å². The number of rotatable bonds is 5. The minimum Gasteiger partial charge on any atom is -0.377 e. The third-order valence-electron chi connectivity index (χ3n) is 1.92. The summed E-state index contributed by atoms with van der Waals surface area (Å²) in [6.07, 6.45) is 1.69. The second kappa shape index (κ2) is 5.84. The molecule has 0 amide bonds. The molecule has 0 bridgehead atoms. The van der Waals surface area contributed by atoms with E-state index in [9.17, 15) is 0 Å². The van der Waals surface area contributed by atoms with Crippen molar-refractivity contribution in [3.05, 3.63) is 0 Å². The first-order chi connectivity index (χ1) is 5.79. The van der Waals surface area contributed by atoms with Gasteiger partial charge >= 0.3 is 0 Å². The minimum atomic E-state index is 0.366. The molecule has 1 aliphatic rings. The van der Waals surface area contributed by atoms with Gasteiger partial charge in [-0.15, -0.1) is 0 Å². The smallest absolute Gasteiger partial charge is 0.0594 e. The number of thioether (sulfide) groups is 1. The zero-order valence-corrected chi connectivity index (χ0v) is 8.82. The van der Waals surface area contributed by atoms with Crippen LogP contribution in [0.3, 0.4) is 0 Å². The monoisotopic (exact) mass is 189 g/mol. The molecular weight excluding hydrogens is 170 g/mol. The number of nitrogens with one attached hydrogen (secondary N) is 1. The third kappa shape index (κ3) is 4.33. The summed E-state index contributed by atoms with van der Waals surface area (Å²) in [7, 11) is 0. The topological polar surface area (TPSA) is 21.3 Å². The van der Waals surface area contributed by atoms with Crippen molar-refractivity contribution in [2.75, 3.05) is 24.7 Å². The van der Waals surface area contributed by atoms with Crippen molar-refractivity contribution < 1.29 is 4.74 Å². The highest BCUT2D eigenvalue weighted by atomic mass is 32.2. The molecule has 1 fully saturated rings. The van der Waals surface area contributed by atoms with E-state index >= 15 is 0 Å².